The van der Waals surface area contributed by atoms with Crippen LogP contribution in [0.5, 0.6) is 0 Å². The Hall–Kier alpha value is -1.93. The van der Waals surface area contributed by atoms with Gasteiger partial charge in [-0.2, -0.15) is 5.10 Å². The Balaban J connectivity index is 1.40. The van der Waals surface area contributed by atoms with E-state index in [-0.39, 0.29) is 6.03 Å². The maximum absolute atomic E-state index is 12.1. The van der Waals surface area contributed by atoms with Gasteiger partial charge in [-0.25, -0.2) is 9.78 Å². The molecule has 2 amide bonds. The molecule has 7 nitrogen and oxygen atoms in total. The highest BCUT2D eigenvalue weighted by molar-refractivity contribution is 7.11. The summed E-state index contributed by atoms with van der Waals surface area (Å²) >= 11 is 1.77. The molecule has 2 fully saturated rings. The lowest BCUT2D eigenvalue weighted by Gasteiger charge is -2.15. The van der Waals surface area contributed by atoms with Crippen molar-refractivity contribution < 1.29 is 4.79 Å². The molecule has 4 heterocycles. The first-order valence-corrected chi connectivity index (χ1v) is 9.12. The summed E-state index contributed by atoms with van der Waals surface area (Å²) in [6, 6.07) is 0.436. The van der Waals surface area contributed by atoms with E-state index in [9.17, 15) is 4.79 Å². The Morgan fingerprint density at radius 3 is 2.88 bits per heavy atom. The van der Waals surface area contributed by atoms with Crippen LogP contribution in [-0.4, -0.2) is 63.8 Å². The molecule has 1 unspecified atom stereocenters. The van der Waals surface area contributed by atoms with Crippen molar-refractivity contribution in [2.75, 3.05) is 38.1 Å². The highest BCUT2D eigenvalue weighted by atomic mass is 32.1. The molecular formula is C16H22N6OS. The molecule has 128 valence electrons. The summed E-state index contributed by atoms with van der Waals surface area (Å²) in [4.78, 5) is 23.7. The number of thiazole rings is 1. The van der Waals surface area contributed by atoms with Crippen LogP contribution in [0, 0.1) is 6.92 Å². The summed E-state index contributed by atoms with van der Waals surface area (Å²) in [5.74, 6) is 0. The summed E-state index contributed by atoms with van der Waals surface area (Å²) in [6.45, 7) is 6.58. The van der Waals surface area contributed by atoms with Crippen molar-refractivity contribution in [1.29, 1.82) is 0 Å². The minimum Gasteiger partial charge on any atom is -0.326 e. The minimum absolute atomic E-state index is 0.0585. The van der Waals surface area contributed by atoms with Crippen LogP contribution in [0.2, 0.25) is 0 Å². The van der Waals surface area contributed by atoms with Gasteiger partial charge in [0.2, 0.25) is 0 Å². The van der Waals surface area contributed by atoms with Gasteiger partial charge in [-0.15, -0.1) is 11.3 Å². The zero-order valence-corrected chi connectivity index (χ0v) is 14.9. The van der Waals surface area contributed by atoms with E-state index in [4.69, 9.17) is 0 Å². The Morgan fingerprint density at radius 1 is 1.29 bits per heavy atom. The van der Waals surface area contributed by atoms with Crippen molar-refractivity contribution in [2.24, 2.45) is 0 Å². The SMILES string of the molecule is Cc1ncc(CN2CCC(n3cc(N4CCN(C)C4=O)cn3)C2)s1. The average Bonchev–Trinajstić information content (AvgIpc) is 3.31. The number of rotatable bonds is 4. The number of likely N-dealkylation sites (tertiary alicyclic amines) is 1. The molecule has 0 aliphatic carbocycles. The predicted octanol–water partition coefficient (Wildman–Crippen LogP) is 1.97. The fourth-order valence-corrected chi connectivity index (χ4v) is 4.26. The molecular weight excluding hydrogens is 324 g/mol. The summed E-state index contributed by atoms with van der Waals surface area (Å²) in [6.07, 6.45) is 6.90. The Morgan fingerprint density at radius 2 is 2.17 bits per heavy atom. The first-order valence-electron chi connectivity index (χ1n) is 8.30. The van der Waals surface area contributed by atoms with E-state index in [1.807, 2.05) is 37.2 Å². The first-order chi connectivity index (χ1) is 11.6. The third-order valence-electron chi connectivity index (χ3n) is 4.79. The van der Waals surface area contributed by atoms with Gasteiger partial charge >= 0.3 is 6.03 Å². The van der Waals surface area contributed by atoms with Gasteiger partial charge in [0.05, 0.1) is 22.9 Å². The number of likely N-dealkylation sites (N-methyl/N-ethyl adjacent to an activating group) is 1. The Kier molecular flexibility index (Phi) is 4.01. The lowest BCUT2D eigenvalue weighted by molar-refractivity contribution is 0.229. The minimum atomic E-state index is 0.0585. The number of anilines is 1. The molecule has 2 aliphatic heterocycles. The number of carbonyl (C=O) groups excluding carboxylic acids is 1. The standard InChI is InChI=1S/C16H22N6OS/c1-12-17-8-15(24-12)11-20-4-3-13(9-20)22-10-14(7-18-22)21-6-5-19(2)16(21)23/h7-8,10,13H,3-6,9,11H2,1-2H3. The molecule has 0 N–H and O–H groups in total. The van der Waals surface area contributed by atoms with Crippen LogP contribution in [0.4, 0.5) is 10.5 Å². The van der Waals surface area contributed by atoms with E-state index < -0.39 is 0 Å². The van der Waals surface area contributed by atoms with E-state index in [1.54, 1.807) is 21.1 Å². The van der Waals surface area contributed by atoms with Crippen LogP contribution in [0.1, 0.15) is 22.3 Å². The largest absolute Gasteiger partial charge is 0.326 e. The average molecular weight is 346 g/mol. The molecule has 2 aromatic heterocycles. The number of aromatic nitrogens is 3. The summed E-state index contributed by atoms with van der Waals surface area (Å²) in [5.41, 5.74) is 0.904. The molecule has 24 heavy (non-hydrogen) atoms. The summed E-state index contributed by atoms with van der Waals surface area (Å²) < 4.78 is 2.03. The molecule has 2 aliphatic rings. The van der Waals surface area contributed by atoms with Crippen molar-refractivity contribution >= 4 is 23.1 Å². The first kappa shape index (κ1) is 15.6. The fraction of sp³-hybridized carbons (Fsp3) is 0.562. The quantitative estimate of drug-likeness (QED) is 0.849. The maximum atomic E-state index is 12.1. The van der Waals surface area contributed by atoms with Crippen molar-refractivity contribution in [1.82, 2.24) is 24.6 Å². The van der Waals surface area contributed by atoms with Gasteiger partial charge in [0.25, 0.3) is 0 Å². The third-order valence-corrected chi connectivity index (χ3v) is 5.68. The number of nitrogens with zero attached hydrogens (tertiary/aromatic N) is 6. The van der Waals surface area contributed by atoms with Crippen LogP contribution in [0.3, 0.4) is 0 Å². The van der Waals surface area contributed by atoms with Gasteiger partial charge in [-0.1, -0.05) is 0 Å². The van der Waals surface area contributed by atoms with E-state index >= 15 is 0 Å². The van der Waals surface area contributed by atoms with Crippen LogP contribution in [0.25, 0.3) is 0 Å². The zero-order valence-electron chi connectivity index (χ0n) is 14.1. The van der Waals surface area contributed by atoms with Crippen LogP contribution >= 0.6 is 11.3 Å². The summed E-state index contributed by atoms with van der Waals surface area (Å²) in [7, 11) is 1.84. The van der Waals surface area contributed by atoms with Gasteiger partial charge in [0, 0.05) is 57.0 Å². The summed E-state index contributed by atoms with van der Waals surface area (Å²) in [5, 5.41) is 5.64. The highest BCUT2D eigenvalue weighted by Gasteiger charge is 2.29. The van der Waals surface area contributed by atoms with Crippen LogP contribution in [0.15, 0.2) is 18.6 Å². The molecule has 1 atom stereocenters. The van der Waals surface area contributed by atoms with Crippen molar-refractivity contribution in [2.45, 2.75) is 25.9 Å². The number of aryl methyl sites for hydroxylation is 1. The van der Waals surface area contributed by atoms with Gasteiger partial charge < -0.3 is 4.90 Å². The number of hydrogen-bond donors (Lipinski definition) is 0. The molecule has 0 bridgehead atoms. The molecule has 0 radical (unpaired) electrons. The second-order valence-corrected chi connectivity index (χ2v) is 7.88. The van der Waals surface area contributed by atoms with Crippen molar-refractivity contribution in [3.8, 4) is 0 Å². The second-order valence-electron chi connectivity index (χ2n) is 6.56. The zero-order chi connectivity index (χ0) is 16.7. The lowest BCUT2D eigenvalue weighted by atomic mass is 10.3. The Bertz CT molecular complexity index is 741. The van der Waals surface area contributed by atoms with E-state index in [0.29, 0.717) is 6.04 Å². The number of hydrogen-bond acceptors (Lipinski definition) is 5. The molecule has 0 aromatic carbocycles. The number of urea groups is 1. The van der Waals surface area contributed by atoms with Gasteiger partial charge in [0.15, 0.2) is 0 Å². The highest BCUT2D eigenvalue weighted by Crippen LogP contribution is 2.26. The monoisotopic (exact) mass is 346 g/mol. The fourth-order valence-electron chi connectivity index (χ4n) is 3.42. The van der Waals surface area contributed by atoms with Gasteiger partial charge in [0.1, 0.15) is 0 Å². The molecule has 4 rings (SSSR count). The second kappa shape index (κ2) is 6.18. The molecule has 2 aromatic rings. The van der Waals surface area contributed by atoms with E-state index in [0.717, 1.165) is 49.8 Å². The van der Waals surface area contributed by atoms with E-state index in [1.165, 1.54) is 4.88 Å². The topological polar surface area (TPSA) is 57.5 Å². The third kappa shape index (κ3) is 2.91. The Labute approximate surface area is 145 Å². The smallest absolute Gasteiger partial charge is 0.324 e. The van der Waals surface area contributed by atoms with Crippen molar-refractivity contribution in [3.05, 3.63) is 28.5 Å². The predicted molar refractivity (Wildman–Crippen MR) is 93.4 cm³/mol. The number of carbonyl (C=O) groups is 1. The van der Waals surface area contributed by atoms with Gasteiger partial charge in [-0.3, -0.25) is 14.5 Å². The van der Waals surface area contributed by atoms with Gasteiger partial charge in [-0.05, 0) is 13.3 Å². The lowest BCUT2D eigenvalue weighted by Crippen LogP contribution is -2.28. The van der Waals surface area contributed by atoms with Crippen LogP contribution < -0.4 is 4.90 Å². The molecule has 0 spiro atoms. The van der Waals surface area contributed by atoms with E-state index in [2.05, 4.69) is 15.0 Å². The van der Waals surface area contributed by atoms with Crippen molar-refractivity contribution in [3.63, 3.8) is 0 Å². The molecule has 0 saturated carbocycles. The normalized spacial score (nSPS) is 22.1. The maximum Gasteiger partial charge on any atom is 0.324 e. The molecule has 2 saturated heterocycles. The van der Waals surface area contributed by atoms with Crippen LogP contribution in [-0.2, 0) is 6.54 Å². The molecule has 8 heteroatoms. The number of amides is 2.